The fourth-order valence-corrected chi connectivity index (χ4v) is 11.5. The van der Waals surface area contributed by atoms with Crippen molar-refractivity contribution in [3.8, 4) is 11.1 Å². The number of rotatable bonds is 1. The van der Waals surface area contributed by atoms with E-state index in [9.17, 15) is 0 Å². The monoisotopic (exact) mass is 670 g/mol. The molecule has 0 amide bonds. The van der Waals surface area contributed by atoms with Crippen LogP contribution in [0.25, 0.3) is 31.3 Å². The molecule has 2 nitrogen and oxygen atoms in total. The Balaban J connectivity index is 1.43. The molecule has 0 saturated heterocycles. The van der Waals surface area contributed by atoms with Crippen molar-refractivity contribution in [3.05, 3.63) is 108 Å². The fraction of sp³-hybridized carbons (Fsp3) is 0.348. The summed E-state index contributed by atoms with van der Waals surface area (Å²) in [6.07, 6.45) is 5.02. The molecule has 1 saturated carbocycles. The molecule has 50 heavy (non-hydrogen) atoms. The van der Waals surface area contributed by atoms with Gasteiger partial charge in [-0.15, -0.1) is 11.3 Å². The van der Waals surface area contributed by atoms with E-state index < -0.39 is 0 Å². The fourth-order valence-electron chi connectivity index (χ4n) is 10.3. The Hall–Kier alpha value is -4.02. The zero-order valence-electron chi connectivity index (χ0n) is 30.9. The summed E-state index contributed by atoms with van der Waals surface area (Å²) in [5, 5.41) is 2.77. The van der Waals surface area contributed by atoms with Crippen molar-refractivity contribution in [1.29, 1.82) is 0 Å². The standard InChI is InChI=1S/C46H47BN2S/c1-43(2,3)28-24-32-39-35(20-21-38-40(39)31-18-12-13-19-37(31)50-38)49(30-16-10-9-11-17-30)47-34-26-29(44(4,5)6)25-33-42(34)48(36(27-28)41(32)47)46(8)23-15-14-22-45(33,46)7/h9-13,16-21,24-27H,14-15,22-23H2,1-8H3. The predicted molar refractivity (Wildman–Crippen MR) is 219 cm³/mol. The minimum absolute atomic E-state index is 0.00192. The molecule has 1 aromatic heterocycles. The lowest BCUT2D eigenvalue weighted by Gasteiger charge is -2.53. The molecule has 1 fully saturated rings. The van der Waals surface area contributed by atoms with Crippen LogP contribution in [0.2, 0.25) is 0 Å². The number of hydrogen-bond acceptors (Lipinski definition) is 3. The van der Waals surface area contributed by atoms with E-state index in [4.69, 9.17) is 0 Å². The van der Waals surface area contributed by atoms with Gasteiger partial charge in [0.2, 0.25) is 0 Å². The third kappa shape index (κ3) is 3.81. The number of para-hydroxylation sites is 1. The highest BCUT2D eigenvalue weighted by molar-refractivity contribution is 7.26. The van der Waals surface area contributed by atoms with E-state index in [1.807, 2.05) is 11.3 Å². The van der Waals surface area contributed by atoms with E-state index in [1.165, 1.54) is 102 Å². The summed E-state index contributed by atoms with van der Waals surface area (Å²) in [6, 6.07) is 35.6. The molecule has 0 bridgehead atoms. The van der Waals surface area contributed by atoms with Crippen LogP contribution in [0.1, 0.15) is 97.8 Å². The highest BCUT2D eigenvalue weighted by Crippen LogP contribution is 2.63. The molecule has 250 valence electrons. The number of fused-ring (bicyclic) bond motifs is 11. The van der Waals surface area contributed by atoms with E-state index in [1.54, 1.807) is 5.56 Å². The van der Waals surface area contributed by atoms with Crippen LogP contribution in [0, 0.1) is 0 Å². The molecule has 4 aliphatic rings. The van der Waals surface area contributed by atoms with Gasteiger partial charge >= 0.3 is 6.85 Å². The SMILES string of the molecule is CC(C)(C)c1cc2c3c(c1)N1c4c(cc(C(C)(C)C)cc4C4(C)CCCCC14C)B3N(c1ccccc1)c1ccc3sc4ccccc4c3c1-2. The Kier molecular flexibility index (Phi) is 6.07. The van der Waals surface area contributed by atoms with Gasteiger partial charge in [0.25, 0.3) is 0 Å². The van der Waals surface area contributed by atoms with Gasteiger partial charge in [0, 0.05) is 53.9 Å². The lowest BCUT2D eigenvalue weighted by Crippen LogP contribution is -2.64. The second-order valence-electron chi connectivity index (χ2n) is 18.1. The van der Waals surface area contributed by atoms with Gasteiger partial charge in [-0.3, -0.25) is 0 Å². The summed E-state index contributed by atoms with van der Waals surface area (Å²) in [4.78, 5) is 5.61. The van der Waals surface area contributed by atoms with Crippen LogP contribution in [0.5, 0.6) is 0 Å². The summed E-state index contributed by atoms with van der Waals surface area (Å²) in [6.45, 7) is 19.7. The molecule has 1 aliphatic carbocycles. The molecular formula is C46H47BN2S. The molecule has 3 aliphatic heterocycles. The van der Waals surface area contributed by atoms with Crippen molar-refractivity contribution in [2.24, 2.45) is 0 Å². The van der Waals surface area contributed by atoms with E-state index >= 15 is 0 Å². The van der Waals surface area contributed by atoms with Crippen molar-refractivity contribution < 1.29 is 0 Å². The van der Waals surface area contributed by atoms with E-state index in [0.29, 0.717) is 0 Å². The van der Waals surface area contributed by atoms with E-state index in [2.05, 4.69) is 156 Å². The maximum Gasteiger partial charge on any atom is 0.333 e. The maximum atomic E-state index is 2.90. The zero-order valence-corrected chi connectivity index (χ0v) is 31.7. The van der Waals surface area contributed by atoms with E-state index in [0.717, 1.165) is 0 Å². The molecule has 0 N–H and O–H groups in total. The van der Waals surface area contributed by atoms with Gasteiger partial charge in [-0.2, -0.15) is 0 Å². The van der Waals surface area contributed by atoms with Gasteiger partial charge in [0.1, 0.15) is 0 Å². The summed E-state index contributed by atoms with van der Waals surface area (Å²) in [5.41, 5.74) is 15.8. The lowest BCUT2D eigenvalue weighted by atomic mass is 9.42. The Morgan fingerprint density at radius 2 is 1.40 bits per heavy atom. The first-order chi connectivity index (χ1) is 23.8. The first kappa shape index (κ1) is 30.8. The minimum Gasteiger partial charge on any atom is -0.376 e. The molecule has 6 aromatic rings. The number of benzene rings is 5. The maximum absolute atomic E-state index is 2.90. The third-order valence-electron chi connectivity index (χ3n) is 13.3. The molecular weight excluding hydrogens is 623 g/mol. The highest BCUT2D eigenvalue weighted by Gasteiger charge is 2.62. The van der Waals surface area contributed by atoms with Gasteiger partial charge in [0.15, 0.2) is 0 Å². The summed E-state index contributed by atoms with van der Waals surface area (Å²) in [7, 11) is 0. The van der Waals surface area contributed by atoms with Crippen LogP contribution in [-0.2, 0) is 16.2 Å². The van der Waals surface area contributed by atoms with Gasteiger partial charge in [-0.05, 0) is 100 Å². The molecule has 2 unspecified atom stereocenters. The molecule has 4 heterocycles. The summed E-state index contributed by atoms with van der Waals surface area (Å²) < 4.78 is 2.73. The van der Waals surface area contributed by atoms with Gasteiger partial charge in [0.05, 0.1) is 5.54 Å². The second kappa shape index (κ2) is 9.85. The smallest absolute Gasteiger partial charge is 0.333 e. The molecule has 4 heteroatoms. The lowest BCUT2D eigenvalue weighted by molar-refractivity contribution is 0.195. The summed E-state index contributed by atoms with van der Waals surface area (Å²) in [5.74, 6) is 0. The highest BCUT2D eigenvalue weighted by atomic mass is 32.1. The van der Waals surface area contributed by atoms with E-state index in [-0.39, 0.29) is 28.6 Å². The Morgan fingerprint density at radius 3 is 2.16 bits per heavy atom. The molecule has 10 rings (SSSR count). The van der Waals surface area contributed by atoms with Crippen LogP contribution in [0.3, 0.4) is 0 Å². The van der Waals surface area contributed by atoms with Crippen LogP contribution in [0.4, 0.5) is 22.7 Å². The van der Waals surface area contributed by atoms with Gasteiger partial charge < -0.3 is 9.71 Å². The number of hydrogen-bond donors (Lipinski definition) is 0. The van der Waals surface area contributed by atoms with Crippen molar-refractivity contribution in [2.45, 2.75) is 103 Å². The van der Waals surface area contributed by atoms with Gasteiger partial charge in [-0.25, -0.2) is 0 Å². The molecule has 2 atom stereocenters. The predicted octanol–water partition coefficient (Wildman–Crippen LogP) is 11.6. The first-order valence-corrected chi connectivity index (χ1v) is 19.6. The summed E-state index contributed by atoms with van der Waals surface area (Å²) >= 11 is 1.93. The topological polar surface area (TPSA) is 6.48 Å². The second-order valence-corrected chi connectivity index (χ2v) is 19.2. The molecule has 0 radical (unpaired) electrons. The van der Waals surface area contributed by atoms with Crippen molar-refractivity contribution in [3.63, 3.8) is 0 Å². The zero-order chi connectivity index (χ0) is 34.5. The molecule has 0 spiro atoms. The first-order valence-electron chi connectivity index (χ1n) is 18.8. The average Bonchev–Trinajstić information content (AvgIpc) is 3.56. The number of nitrogens with zero attached hydrogens (tertiary/aromatic N) is 2. The Morgan fingerprint density at radius 1 is 0.700 bits per heavy atom. The number of thiophene rings is 1. The quantitative estimate of drug-likeness (QED) is 0.161. The van der Waals surface area contributed by atoms with Crippen molar-refractivity contribution in [2.75, 3.05) is 9.71 Å². The van der Waals surface area contributed by atoms with Crippen LogP contribution in [0.15, 0.2) is 91.0 Å². The van der Waals surface area contributed by atoms with Crippen LogP contribution >= 0.6 is 11.3 Å². The normalized spacial score (nSPS) is 22.1. The minimum atomic E-state index is -0.00692. The Labute approximate surface area is 302 Å². The molecule has 5 aromatic carbocycles. The van der Waals surface area contributed by atoms with Crippen LogP contribution < -0.4 is 20.6 Å². The van der Waals surface area contributed by atoms with Crippen molar-refractivity contribution >= 4 is 72.0 Å². The largest absolute Gasteiger partial charge is 0.376 e. The number of anilines is 4. The average molecular weight is 671 g/mol. The Bertz CT molecular complexity index is 2410. The third-order valence-corrected chi connectivity index (χ3v) is 14.4. The van der Waals surface area contributed by atoms with Crippen LogP contribution in [-0.4, -0.2) is 12.4 Å². The van der Waals surface area contributed by atoms with Crippen molar-refractivity contribution in [1.82, 2.24) is 0 Å². The van der Waals surface area contributed by atoms with Gasteiger partial charge in [-0.1, -0.05) is 116 Å².